The molecule has 0 amide bonds. The third-order valence-electron chi connectivity index (χ3n) is 11.9. The minimum atomic E-state index is -0.103. The lowest BCUT2D eigenvalue weighted by molar-refractivity contribution is 0.660. The minimum absolute atomic E-state index is 0.103. The van der Waals surface area contributed by atoms with Crippen LogP contribution in [-0.4, -0.2) is 14.5 Å². The average molecular weight is 716 g/mol. The van der Waals surface area contributed by atoms with Crippen molar-refractivity contribution in [2.24, 2.45) is 0 Å². The van der Waals surface area contributed by atoms with Crippen molar-refractivity contribution in [3.63, 3.8) is 0 Å². The Balaban J connectivity index is 1.03. The maximum Gasteiger partial charge on any atom is 0.160 e. The number of fused-ring (bicyclic) bond motifs is 7. The quantitative estimate of drug-likeness (QED) is 0.178. The van der Waals surface area contributed by atoms with Gasteiger partial charge >= 0.3 is 0 Å². The minimum Gasteiger partial charge on any atom is -0.309 e. The van der Waals surface area contributed by atoms with E-state index < -0.39 is 0 Å². The molecule has 0 N–H and O–H groups in total. The van der Waals surface area contributed by atoms with E-state index in [-0.39, 0.29) is 5.41 Å². The van der Waals surface area contributed by atoms with Gasteiger partial charge in [-0.1, -0.05) is 166 Å². The van der Waals surface area contributed by atoms with Crippen molar-refractivity contribution in [1.29, 1.82) is 0 Å². The summed E-state index contributed by atoms with van der Waals surface area (Å²) in [5.41, 5.74) is 16.1. The van der Waals surface area contributed by atoms with Crippen LogP contribution in [0.1, 0.15) is 25.0 Å². The summed E-state index contributed by atoms with van der Waals surface area (Å²) in [6.07, 6.45) is 0. The Labute approximate surface area is 326 Å². The van der Waals surface area contributed by atoms with Crippen molar-refractivity contribution in [3.05, 3.63) is 199 Å². The molecule has 8 aromatic carbocycles. The van der Waals surface area contributed by atoms with Crippen LogP contribution in [-0.2, 0) is 5.41 Å². The van der Waals surface area contributed by atoms with Gasteiger partial charge in [0.05, 0.1) is 22.4 Å². The van der Waals surface area contributed by atoms with E-state index in [2.05, 4.69) is 200 Å². The summed E-state index contributed by atoms with van der Waals surface area (Å²) in [6, 6.07) is 67.7. The van der Waals surface area contributed by atoms with Crippen molar-refractivity contribution in [2.45, 2.75) is 19.3 Å². The fourth-order valence-corrected chi connectivity index (χ4v) is 9.08. The van der Waals surface area contributed by atoms with Crippen molar-refractivity contribution in [1.82, 2.24) is 14.5 Å². The van der Waals surface area contributed by atoms with Crippen molar-refractivity contribution in [2.75, 3.05) is 0 Å². The van der Waals surface area contributed by atoms with Gasteiger partial charge in [0.2, 0.25) is 0 Å². The monoisotopic (exact) mass is 715 g/mol. The van der Waals surface area contributed by atoms with Crippen molar-refractivity contribution >= 4 is 32.6 Å². The molecule has 2 heterocycles. The molecule has 0 saturated carbocycles. The maximum absolute atomic E-state index is 5.26. The first-order valence-corrected chi connectivity index (χ1v) is 19.3. The van der Waals surface area contributed by atoms with Gasteiger partial charge < -0.3 is 4.57 Å². The zero-order valence-corrected chi connectivity index (χ0v) is 31.2. The summed E-state index contributed by atoms with van der Waals surface area (Å²) >= 11 is 0. The van der Waals surface area contributed by atoms with Crippen LogP contribution in [0.4, 0.5) is 0 Å². The van der Waals surface area contributed by atoms with Gasteiger partial charge in [0, 0.05) is 38.6 Å². The van der Waals surface area contributed by atoms with E-state index in [0.29, 0.717) is 0 Å². The molecule has 0 spiro atoms. The lowest BCUT2D eigenvalue weighted by Crippen LogP contribution is -2.14. The second-order valence-corrected chi connectivity index (χ2v) is 15.4. The number of rotatable bonds is 5. The van der Waals surface area contributed by atoms with Crippen molar-refractivity contribution in [3.8, 4) is 61.8 Å². The molecular formula is C53H37N3. The number of nitrogens with zero attached hydrogens (tertiary/aromatic N) is 3. The summed E-state index contributed by atoms with van der Waals surface area (Å²) in [6.45, 7) is 4.65. The fraction of sp³-hybridized carbons (Fsp3) is 0.0566. The second-order valence-electron chi connectivity index (χ2n) is 15.4. The molecule has 0 bridgehead atoms. The van der Waals surface area contributed by atoms with E-state index in [1.807, 2.05) is 6.07 Å². The van der Waals surface area contributed by atoms with Gasteiger partial charge in [-0.2, -0.15) is 0 Å². The smallest absolute Gasteiger partial charge is 0.160 e. The van der Waals surface area contributed by atoms with E-state index in [1.54, 1.807) is 0 Å². The Morgan fingerprint density at radius 2 is 0.911 bits per heavy atom. The molecule has 3 heteroatoms. The molecule has 0 aliphatic heterocycles. The predicted molar refractivity (Wildman–Crippen MR) is 233 cm³/mol. The first kappa shape index (κ1) is 32.3. The molecule has 3 nitrogen and oxygen atoms in total. The molecule has 1 aliphatic rings. The molecule has 0 atom stereocenters. The summed E-state index contributed by atoms with van der Waals surface area (Å²) in [5.74, 6) is 0.718. The summed E-state index contributed by atoms with van der Waals surface area (Å²) in [7, 11) is 0. The highest BCUT2D eigenvalue weighted by Crippen LogP contribution is 2.49. The first-order valence-electron chi connectivity index (χ1n) is 19.3. The normalized spacial score (nSPS) is 13.0. The molecule has 0 fully saturated rings. The van der Waals surface area contributed by atoms with E-state index in [9.17, 15) is 0 Å². The Kier molecular flexibility index (Phi) is 7.20. The van der Waals surface area contributed by atoms with Crippen LogP contribution in [0.3, 0.4) is 0 Å². The molecule has 2 aromatic heterocycles. The molecule has 1 aliphatic carbocycles. The van der Waals surface area contributed by atoms with Crippen LogP contribution in [0.2, 0.25) is 0 Å². The average Bonchev–Trinajstić information content (AvgIpc) is 3.71. The Morgan fingerprint density at radius 3 is 1.64 bits per heavy atom. The van der Waals surface area contributed by atoms with Crippen LogP contribution in [0.5, 0.6) is 0 Å². The van der Waals surface area contributed by atoms with Crippen LogP contribution in [0.15, 0.2) is 188 Å². The summed E-state index contributed by atoms with van der Waals surface area (Å²) < 4.78 is 2.37. The molecule has 0 radical (unpaired) electrons. The van der Waals surface area contributed by atoms with E-state index in [1.165, 1.54) is 60.6 Å². The maximum atomic E-state index is 5.26. The van der Waals surface area contributed by atoms with Gasteiger partial charge in [0.15, 0.2) is 5.82 Å². The molecule has 11 rings (SSSR count). The zero-order chi connectivity index (χ0) is 37.4. The van der Waals surface area contributed by atoms with Gasteiger partial charge in [0.1, 0.15) is 0 Å². The Morgan fingerprint density at radius 1 is 0.375 bits per heavy atom. The molecule has 10 aromatic rings. The standard InChI is InChI=1S/C53H37N3/c1-53(2)46-21-11-8-18-41(46)42-29-26-36(32-47(42)53)48-33-49(55-52(54-48)35-14-4-3-5-15-35)43-31-30-38(39-16-6-7-17-40(39)43)34-24-27-37(28-25-34)56-50-22-12-9-19-44(50)45-20-10-13-23-51(45)56/h3-33H,1-2H3. The number of benzene rings is 8. The highest BCUT2D eigenvalue weighted by Gasteiger charge is 2.35. The lowest BCUT2D eigenvalue weighted by atomic mass is 9.82. The van der Waals surface area contributed by atoms with E-state index in [4.69, 9.17) is 9.97 Å². The highest BCUT2D eigenvalue weighted by molar-refractivity contribution is 6.09. The number of aromatic nitrogens is 3. The van der Waals surface area contributed by atoms with Gasteiger partial charge in [-0.15, -0.1) is 0 Å². The van der Waals surface area contributed by atoms with Gasteiger partial charge in [-0.3, -0.25) is 0 Å². The number of para-hydroxylation sites is 2. The van der Waals surface area contributed by atoms with E-state index in [0.717, 1.165) is 45.0 Å². The molecular weight excluding hydrogens is 679 g/mol. The third-order valence-corrected chi connectivity index (χ3v) is 11.9. The van der Waals surface area contributed by atoms with E-state index >= 15 is 0 Å². The SMILES string of the molecule is CC1(C)c2ccccc2-c2ccc(-c3cc(-c4ccc(-c5ccc(-n6c7ccccc7c7ccccc76)cc5)c5ccccc45)nc(-c4ccccc4)n3)cc21. The Hall–Kier alpha value is -7.10. The number of hydrogen-bond acceptors (Lipinski definition) is 2. The second kappa shape index (κ2) is 12.5. The summed E-state index contributed by atoms with van der Waals surface area (Å²) in [4.78, 5) is 10.5. The topological polar surface area (TPSA) is 30.7 Å². The molecule has 0 unspecified atom stereocenters. The zero-order valence-electron chi connectivity index (χ0n) is 31.2. The largest absolute Gasteiger partial charge is 0.309 e. The molecule has 56 heavy (non-hydrogen) atoms. The molecule has 264 valence electrons. The Bertz CT molecular complexity index is 3100. The summed E-state index contributed by atoms with van der Waals surface area (Å²) in [5, 5.41) is 4.88. The first-order chi connectivity index (χ1) is 27.5. The van der Waals surface area contributed by atoms with Crippen molar-refractivity contribution < 1.29 is 0 Å². The van der Waals surface area contributed by atoms with Gasteiger partial charge in [0.25, 0.3) is 0 Å². The van der Waals surface area contributed by atoms with Crippen LogP contribution in [0.25, 0.3) is 94.4 Å². The highest BCUT2D eigenvalue weighted by atomic mass is 15.0. The predicted octanol–water partition coefficient (Wildman–Crippen LogP) is 13.7. The van der Waals surface area contributed by atoms with Gasteiger partial charge in [-0.05, 0) is 80.6 Å². The van der Waals surface area contributed by atoms with Crippen LogP contribution in [0, 0.1) is 0 Å². The van der Waals surface area contributed by atoms with Gasteiger partial charge in [-0.25, -0.2) is 9.97 Å². The third kappa shape index (κ3) is 4.98. The number of hydrogen-bond donors (Lipinski definition) is 0. The fourth-order valence-electron chi connectivity index (χ4n) is 9.08. The lowest BCUT2D eigenvalue weighted by Gasteiger charge is -2.22. The van der Waals surface area contributed by atoms with Crippen LogP contribution >= 0.6 is 0 Å². The van der Waals surface area contributed by atoms with Crippen LogP contribution < -0.4 is 0 Å². The molecule has 0 saturated heterocycles.